The summed E-state index contributed by atoms with van der Waals surface area (Å²) >= 11 is 7.09. The van der Waals surface area contributed by atoms with E-state index in [2.05, 4.69) is 0 Å². The summed E-state index contributed by atoms with van der Waals surface area (Å²) in [7, 11) is 1.29. The number of benzene rings is 1. The van der Waals surface area contributed by atoms with Gasteiger partial charge in [-0.1, -0.05) is 23.7 Å². The Bertz CT molecular complexity index is 730. The number of halogens is 1. The predicted octanol–water partition coefficient (Wildman–Crippen LogP) is 2.98. The molecular weight excluding hydrogens is 326 g/mol. The van der Waals surface area contributed by atoms with E-state index in [1.165, 1.54) is 23.3 Å². The summed E-state index contributed by atoms with van der Waals surface area (Å²) in [5.74, 6) is -0.266. The Hall–Kier alpha value is -2.05. The molecule has 22 heavy (non-hydrogen) atoms. The maximum atomic E-state index is 12.7. The van der Waals surface area contributed by atoms with Crippen LogP contribution in [0.2, 0.25) is 4.34 Å². The van der Waals surface area contributed by atoms with Crippen LogP contribution in [0.5, 0.6) is 5.75 Å². The van der Waals surface area contributed by atoms with Gasteiger partial charge in [-0.05, 0) is 24.3 Å². The number of carbonyl (C=O) groups excluding carboxylic acids is 2. The number of esters is 1. The van der Waals surface area contributed by atoms with E-state index in [4.69, 9.17) is 21.1 Å². The molecule has 0 saturated heterocycles. The van der Waals surface area contributed by atoms with Gasteiger partial charge in [0.25, 0.3) is 5.91 Å². The minimum atomic E-state index is -0.848. The lowest BCUT2D eigenvalue weighted by Crippen LogP contribution is -2.47. The Kier molecular flexibility index (Phi) is 4.04. The van der Waals surface area contributed by atoms with E-state index in [0.29, 0.717) is 20.7 Å². The number of fused-ring (bicyclic) bond motifs is 1. The number of nitrogens with zero attached hydrogens (tertiary/aromatic N) is 1. The largest absolute Gasteiger partial charge is 0.475 e. The van der Waals surface area contributed by atoms with Gasteiger partial charge in [-0.3, -0.25) is 9.69 Å². The van der Waals surface area contributed by atoms with Gasteiger partial charge in [0.05, 0.1) is 28.6 Å². The van der Waals surface area contributed by atoms with Crippen molar-refractivity contribution in [1.29, 1.82) is 0 Å². The minimum Gasteiger partial charge on any atom is -0.475 e. The molecule has 1 aliphatic rings. The summed E-state index contributed by atoms with van der Waals surface area (Å²) in [5.41, 5.74) is 0.622. The van der Waals surface area contributed by atoms with Gasteiger partial charge in [-0.15, -0.1) is 11.3 Å². The van der Waals surface area contributed by atoms with Crippen molar-refractivity contribution in [2.24, 2.45) is 0 Å². The molecule has 0 unspecified atom stereocenters. The van der Waals surface area contributed by atoms with Crippen molar-refractivity contribution in [3.63, 3.8) is 0 Å². The molecule has 1 atom stereocenters. The number of hydrogen-bond acceptors (Lipinski definition) is 5. The lowest BCUT2D eigenvalue weighted by molar-refractivity contribution is -0.148. The fraction of sp³-hybridized carbons (Fsp3) is 0.200. The van der Waals surface area contributed by atoms with Crippen molar-refractivity contribution in [3.05, 3.63) is 45.6 Å². The Morgan fingerprint density at radius 2 is 2.09 bits per heavy atom. The molecule has 2 aromatic rings. The first-order valence-electron chi connectivity index (χ1n) is 6.51. The summed E-state index contributed by atoms with van der Waals surface area (Å²) in [6, 6.07) is 10.4. The number of hydrogen-bond donors (Lipinski definition) is 0. The summed E-state index contributed by atoms with van der Waals surface area (Å²) < 4.78 is 10.9. The molecule has 1 aliphatic heterocycles. The maximum absolute atomic E-state index is 12.7. The number of thiophene rings is 1. The summed E-state index contributed by atoms with van der Waals surface area (Å²) in [4.78, 5) is 26.5. The minimum absolute atomic E-state index is 0.0953. The van der Waals surface area contributed by atoms with E-state index in [-0.39, 0.29) is 12.5 Å². The van der Waals surface area contributed by atoms with Gasteiger partial charge >= 0.3 is 5.97 Å². The van der Waals surface area contributed by atoms with Crippen molar-refractivity contribution in [2.45, 2.75) is 6.10 Å². The summed E-state index contributed by atoms with van der Waals surface area (Å²) in [6.45, 7) is 0.0953. The van der Waals surface area contributed by atoms with Gasteiger partial charge in [0.1, 0.15) is 5.75 Å². The third kappa shape index (κ3) is 2.67. The van der Waals surface area contributed by atoms with Crippen LogP contribution in [0.3, 0.4) is 0 Å². The standard InChI is InChI=1S/C15H12ClNO4S/c1-20-15(19)11-8-17(9-4-2-3-5-10(9)21-11)14(18)12-6-7-13(16)22-12/h2-7,11H,8H2,1H3/t11-/m0/s1. The molecule has 0 fully saturated rings. The van der Waals surface area contributed by atoms with Crippen LogP contribution in [0.1, 0.15) is 9.67 Å². The van der Waals surface area contributed by atoms with Crippen molar-refractivity contribution >= 4 is 40.5 Å². The first-order valence-corrected chi connectivity index (χ1v) is 7.70. The van der Waals surface area contributed by atoms with Gasteiger partial charge in [0, 0.05) is 0 Å². The molecule has 1 amide bonds. The van der Waals surface area contributed by atoms with Crippen LogP contribution in [-0.2, 0) is 9.53 Å². The van der Waals surface area contributed by atoms with E-state index in [1.807, 2.05) is 6.07 Å². The van der Waals surface area contributed by atoms with Gasteiger partial charge in [-0.2, -0.15) is 0 Å². The van der Waals surface area contributed by atoms with E-state index < -0.39 is 12.1 Å². The van der Waals surface area contributed by atoms with Crippen LogP contribution >= 0.6 is 22.9 Å². The number of methoxy groups -OCH3 is 1. The highest BCUT2D eigenvalue weighted by Crippen LogP contribution is 2.35. The lowest BCUT2D eigenvalue weighted by Gasteiger charge is -2.33. The molecule has 5 nitrogen and oxygen atoms in total. The molecule has 0 bridgehead atoms. The van der Waals surface area contributed by atoms with E-state index >= 15 is 0 Å². The molecule has 114 valence electrons. The van der Waals surface area contributed by atoms with Crippen molar-refractivity contribution in [2.75, 3.05) is 18.6 Å². The average Bonchev–Trinajstić information content (AvgIpc) is 2.98. The van der Waals surface area contributed by atoms with Gasteiger partial charge in [0.2, 0.25) is 6.10 Å². The number of amides is 1. The van der Waals surface area contributed by atoms with Crippen LogP contribution in [0.25, 0.3) is 0 Å². The lowest BCUT2D eigenvalue weighted by atomic mass is 10.1. The molecule has 1 aromatic heterocycles. The number of para-hydroxylation sites is 2. The van der Waals surface area contributed by atoms with Gasteiger partial charge in [0.15, 0.2) is 0 Å². The van der Waals surface area contributed by atoms with Crippen LogP contribution in [0.4, 0.5) is 5.69 Å². The second kappa shape index (κ2) is 5.98. The highest BCUT2D eigenvalue weighted by Gasteiger charge is 2.35. The normalized spacial score (nSPS) is 16.6. The molecule has 7 heteroatoms. The smallest absolute Gasteiger partial charge is 0.348 e. The highest BCUT2D eigenvalue weighted by atomic mass is 35.5. The maximum Gasteiger partial charge on any atom is 0.348 e. The second-order valence-corrected chi connectivity index (χ2v) is 6.33. The van der Waals surface area contributed by atoms with Crippen molar-refractivity contribution < 1.29 is 19.1 Å². The number of rotatable bonds is 2. The Morgan fingerprint density at radius 3 is 2.77 bits per heavy atom. The predicted molar refractivity (Wildman–Crippen MR) is 83.9 cm³/mol. The van der Waals surface area contributed by atoms with Crippen LogP contribution in [0.15, 0.2) is 36.4 Å². The summed E-state index contributed by atoms with van der Waals surface area (Å²) in [6.07, 6.45) is -0.848. The zero-order valence-electron chi connectivity index (χ0n) is 11.6. The van der Waals surface area contributed by atoms with Gasteiger partial charge < -0.3 is 9.47 Å². The Morgan fingerprint density at radius 1 is 1.32 bits per heavy atom. The number of anilines is 1. The quantitative estimate of drug-likeness (QED) is 0.790. The molecule has 1 aromatic carbocycles. The van der Waals surface area contributed by atoms with Crippen LogP contribution < -0.4 is 9.64 Å². The van der Waals surface area contributed by atoms with E-state index in [9.17, 15) is 9.59 Å². The number of carbonyl (C=O) groups is 2. The molecule has 2 heterocycles. The fourth-order valence-corrected chi connectivity index (χ4v) is 3.24. The second-order valence-electron chi connectivity index (χ2n) is 4.62. The molecule has 0 saturated carbocycles. The van der Waals surface area contributed by atoms with E-state index in [1.54, 1.807) is 30.3 Å². The third-order valence-corrected chi connectivity index (χ3v) is 4.49. The molecule has 3 rings (SSSR count). The Labute approximate surface area is 136 Å². The van der Waals surface area contributed by atoms with Gasteiger partial charge in [-0.25, -0.2) is 4.79 Å². The van der Waals surface area contributed by atoms with Crippen LogP contribution in [-0.4, -0.2) is 31.6 Å². The average molecular weight is 338 g/mol. The monoisotopic (exact) mass is 337 g/mol. The molecule has 0 radical (unpaired) electrons. The Balaban J connectivity index is 1.98. The zero-order chi connectivity index (χ0) is 15.7. The highest BCUT2D eigenvalue weighted by molar-refractivity contribution is 7.18. The first-order chi connectivity index (χ1) is 10.6. The topological polar surface area (TPSA) is 55.8 Å². The molecular formula is C15H12ClNO4S. The molecule has 0 N–H and O–H groups in total. The third-order valence-electron chi connectivity index (χ3n) is 3.27. The molecule has 0 aliphatic carbocycles. The van der Waals surface area contributed by atoms with E-state index in [0.717, 1.165) is 0 Å². The molecule has 0 spiro atoms. The fourth-order valence-electron chi connectivity index (χ4n) is 2.24. The van der Waals surface area contributed by atoms with Crippen molar-refractivity contribution in [1.82, 2.24) is 0 Å². The summed E-state index contributed by atoms with van der Waals surface area (Å²) in [5, 5.41) is 0. The first kappa shape index (κ1) is 14.9. The zero-order valence-corrected chi connectivity index (χ0v) is 13.2. The number of ether oxygens (including phenoxy) is 2. The van der Waals surface area contributed by atoms with Crippen molar-refractivity contribution in [3.8, 4) is 5.75 Å². The SMILES string of the molecule is COC(=O)[C@@H]1CN(C(=O)c2ccc(Cl)s2)c2ccccc2O1. The van der Waals surface area contributed by atoms with Crippen LogP contribution in [0, 0.1) is 0 Å².